The van der Waals surface area contributed by atoms with Crippen LogP contribution in [-0.2, 0) is 11.3 Å². The summed E-state index contributed by atoms with van der Waals surface area (Å²) in [6.45, 7) is 6.60. The summed E-state index contributed by atoms with van der Waals surface area (Å²) in [6.07, 6.45) is 8.21. The van der Waals surface area contributed by atoms with Crippen LogP contribution >= 0.6 is 0 Å². The number of ketones is 1. The van der Waals surface area contributed by atoms with Crippen LogP contribution in [-0.4, -0.2) is 60.7 Å². The summed E-state index contributed by atoms with van der Waals surface area (Å²) in [6, 6.07) is 6.97. The van der Waals surface area contributed by atoms with Crippen LogP contribution in [0.4, 0.5) is 0 Å². The number of amides is 1. The molecule has 9 atom stereocenters. The summed E-state index contributed by atoms with van der Waals surface area (Å²) in [5, 5.41) is 33.5. The van der Waals surface area contributed by atoms with Crippen molar-refractivity contribution < 1.29 is 29.3 Å². The Morgan fingerprint density at radius 2 is 1.95 bits per heavy atom. The van der Waals surface area contributed by atoms with Crippen LogP contribution in [0.2, 0.25) is 0 Å². The van der Waals surface area contributed by atoms with E-state index in [2.05, 4.69) is 25.8 Å². The fourth-order valence-corrected chi connectivity index (χ4v) is 9.03. The first-order chi connectivity index (χ1) is 19.0. The Bertz CT molecular complexity index is 1310. The van der Waals surface area contributed by atoms with Gasteiger partial charge >= 0.3 is 0 Å². The molecule has 8 heteroatoms. The highest BCUT2D eigenvalue weighted by Gasteiger charge is 2.67. The van der Waals surface area contributed by atoms with Crippen molar-refractivity contribution in [3.8, 4) is 0 Å². The van der Waals surface area contributed by atoms with Gasteiger partial charge in [-0.15, -0.1) is 0 Å². The van der Waals surface area contributed by atoms with Gasteiger partial charge in [0, 0.05) is 36.3 Å². The van der Waals surface area contributed by atoms with E-state index in [1.54, 1.807) is 30.6 Å². The molecule has 40 heavy (non-hydrogen) atoms. The zero-order chi connectivity index (χ0) is 28.4. The van der Waals surface area contributed by atoms with E-state index in [0.717, 1.165) is 24.0 Å². The van der Waals surface area contributed by atoms with Crippen molar-refractivity contribution in [3.63, 3.8) is 0 Å². The molecule has 3 N–H and O–H groups in total. The van der Waals surface area contributed by atoms with E-state index in [9.17, 15) is 24.9 Å². The summed E-state index contributed by atoms with van der Waals surface area (Å²) in [5.74, 6) is -0.401. The Labute approximate surface area is 235 Å². The molecule has 0 bridgehead atoms. The van der Waals surface area contributed by atoms with Crippen LogP contribution in [0.15, 0.2) is 59.0 Å². The van der Waals surface area contributed by atoms with Crippen molar-refractivity contribution in [1.82, 2.24) is 9.88 Å². The van der Waals surface area contributed by atoms with Gasteiger partial charge < -0.3 is 24.6 Å². The molecule has 0 saturated heterocycles. The summed E-state index contributed by atoms with van der Waals surface area (Å²) < 4.78 is 5.50. The van der Waals surface area contributed by atoms with Crippen molar-refractivity contribution in [1.29, 1.82) is 0 Å². The van der Waals surface area contributed by atoms with Gasteiger partial charge in [-0.05, 0) is 98.1 Å². The van der Waals surface area contributed by atoms with Crippen LogP contribution in [0, 0.1) is 28.6 Å². The van der Waals surface area contributed by atoms with E-state index < -0.39 is 28.6 Å². The largest absolute Gasteiger partial charge is 0.459 e. The topological polar surface area (TPSA) is 124 Å². The Morgan fingerprint density at radius 3 is 2.65 bits per heavy atom. The lowest BCUT2D eigenvalue weighted by Crippen LogP contribution is -2.61. The highest BCUT2D eigenvalue weighted by molar-refractivity contribution is 5.95. The van der Waals surface area contributed by atoms with Gasteiger partial charge in [0.1, 0.15) is 0 Å². The fraction of sp³-hybridized carbons (Fsp3) is 0.594. The minimum Gasteiger partial charge on any atom is -0.459 e. The van der Waals surface area contributed by atoms with Crippen molar-refractivity contribution in [2.45, 2.75) is 89.7 Å². The number of fused-ring (bicyclic) bond motifs is 5. The number of furan rings is 1. The number of carbonyl (C=O) groups is 2. The lowest BCUT2D eigenvalue weighted by Gasteiger charge is -2.60. The molecule has 2 aromatic heterocycles. The number of rotatable bonds is 5. The van der Waals surface area contributed by atoms with Gasteiger partial charge in [0.25, 0.3) is 5.91 Å². The molecule has 3 saturated carbocycles. The highest BCUT2D eigenvalue weighted by atomic mass is 16.3. The first-order valence-electron chi connectivity index (χ1n) is 14.6. The second-order valence-corrected chi connectivity index (χ2v) is 13.2. The lowest BCUT2D eigenvalue weighted by atomic mass is 9.46. The number of hydrogen-bond donors (Lipinski definition) is 3. The SMILES string of the molecule is CC([C@H]1CC[C@@]2(O)C3=CC(=O)[C@@H]4C[C@@H](O)[C@@H](O)C[C@]4(C)C3CC[C@]12C)N(Cc1cccnc1)C(=O)c1ccco1. The molecular formula is C32H40N2O6. The van der Waals surface area contributed by atoms with Crippen LogP contribution < -0.4 is 0 Å². The summed E-state index contributed by atoms with van der Waals surface area (Å²) in [5.41, 5.74) is -0.551. The van der Waals surface area contributed by atoms with Gasteiger partial charge in [0.2, 0.25) is 0 Å². The molecule has 2 aromatic rings. The second kappa shape index (κ2) is 9.64. The second-order valence-electron chi connectivity index (χ2n) is 13.2. The monoisotopic (exact) mass is 548 g/mol. The quantitative estimate of drug-likeness (QED) is 0.518. The van der Waals surface area contributed by atoms with Crippen molar-refractivity contribution >= 4 is 11.7 Å². The van der Waals surface area contributed by atoms with Gasteiger partial charge in [-0.2, -0.15) is 0 Å². The van der Waals surface area contributed by atoms with Crippen LogP contribution in [0.25, 0.3) is 0 Å². The first kappa shape index (κ1) is 27.4. The van der Waals surface area contributed by atoms with Gasteiger partial charge in [-0.3, -0.25) is 14.6 Å². The normalized spacial score (nSPS) is 39.5. The standard InChI is InChI=1S/C32H40N2O6/c1-19(34(18-20-6-4-12-33-17-20)29(38)28-7-5-13-40-28)21-9-11-32(39)23-14-25(35)24-15-26(36)27(37)16-30(24,2)22(23)8-10-31(21,32)3/h4-7,12-14,17,19,21-22,24,26-27,36-37,39H,8-11,15-16,18H2,1-3H3/t19?,21-,22?,24+,26-,27+,30-,31-,32-/m1/s1. The molecule has 0 radical (unpaired) electrons. The minimum atomic E-state index is -1.19. The maximum atomic E-state index is 13.7. The van der Waals surface area contributed by atoms with E-state index in [-0.39, 0.29) is 47.7 Å². The Hall–Kier alpha value is -2.81. The summed E-state index contributed by atoms with van der Waals surface area (Å²) >= 11 is 0. The van der Waals surface area contributed by atoms with E-state index in [1.165, 1.54) is 6.26 Å². The predicted molar refractivity (Wildman–Crippen MR) is 147 cm³/mol. The first-order valence-corrected chi connectivity index (χ1v) is 14.6. The lowest BCUT2D eigenvalue weighted by molar-refractivity contribution is -0.153. The maximum Gasteiger partial charge on any atom is 0.290 e. The number of carbonyl (C=O) groups excluding carboxylic acids is 2. The third kappa shape index (κ3) is 3.94. The number of aromatic nitrogens is 1. The highest BCUT2D eigenvalue weighted by Crippen LogP contribution is 2.67. The third-order valence-electron chi connectivity index (χ3n) is 11.3. The maximum absolute atomic E-state index is 13.7. The van der Waals surface area contributed by atoms with Gasteiger partial charge in [0.05, 0.1) is 24.1 Å². The molecule has 4 aliphatic rings. The van der Waals surface area contributed by atoms with Gasteiger partial charge in [0.15, 0.2) is 11.5 Å². The molecule has 2 unspecified atom stereocenters. The van der Waals surface area contributed by atoms with Crippen molar-refractivity contribution in [3.05, 3.63) is 65.9 Å². The summed E-state index contributed by atoms with van der Waals surface area (Å²) in [7, 11) is 0. The molecule has 2 heterocycles. The number of pyridine rings is 1. The average Bonchev–Trinajstić information content (AvgIpc) is 3.56. The Morgan fingerprint density at radius 1 is 1.15 bits per heavy atom. The number of nitrogens with zero attached hydrogens (tertiary/aromatic N) is 2. The molecular weight excluding hydrogens is 508 g/mol. The molecule has 4 aliphatic carbocycles. The molecule has 3 fully saturated rings. The zero-order valence-corrected chi connectivity index (χ0v) is 23.5. The Balaban J connectivity index is 1.34. The van der Waals surface area contributed by atoms with E-state index in [0.29, 0.717) is 25.8 Å². The third-order valence-corrected chi connectivity index (χ3v) is 11.3. The fourth-order valence-electron chi connectivity index (χ4n) is 9.03. The molecule has 8 nitrogen and oxygen atoms in total. The van der Waals surface area contributed by atoms with Gasteiger partial charge in [-0.25, -0.2) is 0 Å². The van der Waals surface area contributed by atoms with Crippen molar-refractivity contribution in [2.24, 2.45) is 28.6 Å². The summed E-state index contributed by atoms with van der Waals surface area (Å²) in [4.78, 5) is 33.3. The smallest absolute Gasteiger partial charge is 0.290 e. The number of aliphatic hydroxyl groups is 3. The van der Waals surface area contributed by atoms with E-state index in [4.69, 9.17) is 4.42 Å². The van der Waals surface area contributed by atoms with E-state index in [1.807, 2.05) is 17.0 Å². The molecule has 0 aliphatic heterocycles. The van der Waals surface area contributed by atoms with Crippen LogP contribution in [0.5, 0.6) is 0 Å². The number of hydrogen-bond acceptors (Lipinski definition) is 7. The van der Waals surface area contributed by atoms with Crippen molar-refractivity contribution in [2.75, 3.05) is 0 Å². The minimum absolute atomic E-state index is 0.0191. The average molecular weight is 549 g/mol. The van der Waals surface area contributed by atoms with Crippen LogP contribution in [0.1, 0.15) is 75.4 Å². The molecule has 0 aromatic carbocycles. The Kier molecular flexibility index (Phi) is 6.59. The van der Waals surface area contributed by atoms with Crippen LogP contribution in [0.3, 0.4) is 0 Å². The molecule has 0 spiro atoms. The molecule has 6 rings (SSSR count). The van der Waals surface area contributed by atoms with E-state index >= 15 is 0 Å². The number of allylic oxidation sites excluding steroid dienone is 1. The molecule has 214 valence electrons. The molecule has 1 amide bonds. The van der Waals surface area contributed by atoms with Gasteiger partial charge in [-0.1, -0.05) is 19.9 Å². The zero-order valence-electron chi connectivity index (χ0n) is 23.5. The number of aliphatic hydroxyl groups excluding tert-OH is 2. The predicted octanol–water partition coefficient (Wildman–Crippen LogP) is 3.91.